The zero-order chi connectivity index (χ0) is 15.1. The van der Waals surface area contributed by atoms with Crippen molar-refractivity contribution in [3.05, 3.63) is 23.0 Å². The summed E-state index contributed by atoms with van der Waals surface area (Å²) in [5.41, 5.74) is 3.02. The van der Waals surface area contributed by atoms with E-state index in [2.05, 4.69) is 25.2 Å². The summed E-state index contributed by atoms with van der Waals surface area (Å²) in [6.07, 6.45) is 1.98. The maximum Gasteiger partial charge on any atom is 0.120 e. The normalized spacial score (nSPS) is 12.7. The lowest BCUT2D eigenvalue weighted by atomic mass is 9.94. The fourth-order valence-electron chi connectivity index (χ4n) is 2.61. The van der Waals surface area contributed by atoms with Crippen LogP contribution in [0.25, 0.3) is 0 Å². The van der Waals surface area contributed by atoms with Gasteiger partial charge in [-0.15, -0.1) is 0 Å². The second-order valence-corrected chi connectivity index (χ2v) is 5.95. The number of nitriles is 1. The lowest BCUT2D eigenvalue weighted by Gasteiger charge is -2.18. The van der Waals surface area contributed by atoms with E-state index in [0.717, 1.165) is 31.6 Å². The minimum Gasteiger partial charge on any atom is -0.396 e. The van der Waals surface area contributed by atoms with Crippen molar-refractivity contribution < 1.29 is 5.11 Å². The summed E-state index contributed by atoms with van der Waals surface area (Å²) in [7, 11) is 1.92. The Morgan fingerprint density at radius 1 is 1.45 bits per heavy atom. The van der Waals surface area contributed by atoms with Crippen LogP contribution in [-0.4, -0.2) is 22.8 Å². The van der Waals surface area contributed by atoms with Crippen LogP contribution >= 0.6 is 0 Å². The molecule has 0 aromatic carbocycles. The number of nitrogens with zero attached hydrogens (tertiary/aromatic N) is 2. The first-order valence-corrected chi connectivity index (χ1v) is 7.36. The van der Waals surface area contributed by atoms with Gasteiger partial charge in [0, 0.05) is 25.9 Å². The molecule has 0 amide bonds. The average Bonchev–Trinajstić information content (AvgIpc) is 2.66. The first kappa shape index (κ1) is 16.7. The Morgan fingerprint density at radius 2 is 2.15 bits per heavy atom. The Balaban J connectivity index is 2.52. The summed E-state index contributed by atoms with van der Waals surface area (Å²) >= 11 is 0. The fraction of sp³-hybridized carbons (Fsp3) is 0.688. The van der Waals surface area contributed by atoms with Gasteiger partial charge in [-0.2, -0.15) is 5.26 Å². The minimum atomic E-state index is 0.252. The molecule has 0 aliphatic rings. The molecule has 0 bridgehead atoms. The molecule has 1 unspecified atom stereocenters. The molecule has 1 heterocycles. The van der Waals surface area contributed by atoms with Crippen molar-refractivity contribution in [3.63, 3.8) is 0 Å². The molecule has 0 aliphatic carbocycles. The third-order valence-corrected chi connectivity index (χ3v) is 3.85. The molecular formula is C16H27N3O. The lowest BCUT2D eigenvalue weighted by Crippen LogP contribution is -2.24. The van der Waals surface area contributed by atoms with Crippen LogP contribution in [0.4, 0.5) is 0 Å². The van der Waals surface area contributed by atoms with E-state index >= 15 is 0 Å². The second-order valence-electron chi connectivity index (χ2n) is 5.95. The van der Waals surface area contributed by atoms with Crippen molar-refractivity contribution in [2.75, 3.05) is 13.2 Å². The highest BCUT2D eigenvalue weighted by molar-refractivity contribution is 5.33. The van der Waals surface area contributed by atoms with E-state index in [1.807, 2.05) is 24.6 Å². The molecule has 1 aromatic rings. The van der Waals surface area contributed by atoms with Gasteiger partial charge in [0.15, 0.2) is 0 Å². The third kappa shape index (κ3) is 4.66. The number of hydrogen-bond donors (Lipinski definition) is 2. The maximum atomic E-state index is 9.11. The smallest absolute Gasteiger partial charge is 0.120 e. The van der Waals surface area contributed by atoms with Gasteiger partial charge < -0.3 is 15.0 Å². The van der Waals surface area contributed by atoms with Gasteiger partial charge in [-0.1, -0.05) is 13.8 Å². The van der Waals surface area contributed by atoms with Gasteiger partial charge in [0.2, 0.25) is 0 Å². The van der Waals surface area contributed by atoms with E-state index in [9.17, 15) is 0 Å². The Labute approximate surface area is 122 Å². The molecule has 20 heavy (non-hydrogen) atoms. The van der Waals surface area contributed by atoms with Crippen LogP contribution in [0.2, 0.25) is 0 Å². The van der Waals surface area contributed by atoms with Crippen LogP contribution in [0, 0.1) is 30.1 Å². The standard InChI is InChI=1S/C16H27N3O/c1-12(2)7-14(5-6-20)10-18-11-15-8-16(9-17)19(4)13(15)3/h8,12,14,18,20H,5-7,10-11H2,1-4H3. The van der Waals surface area contributed by atoms with Gasteiger partial charge >= 0.3 is 0 Å². The van der Waals surface area contributed by atoms with Crippen molar-refractivity contribution in [1.29, 1.82) is 5.26 Å². The quantitative estimate of drug-likeness (QED) is 0.766. The van der Waals surface area contributed by atoms with E-state index in [4.69, 9.17) is 10.4 Å². The van der Waals surface area contributed by atoms with E-state index < -0.39 is 0 Å². The Bertz CT molecular complexity index is 457. The molecule has 0 fully saturated rings. The highest BCUT2D eigenvalue weighted by Gasteiger charge is 2.12. The van der Waals surface area contributed by atoms with Gasteiger partial charge in [-0.05, 0) is 49.8 Å². The summed E-state index contributed by atoms with van der Waals surface area (Å²) in [4.78, 5) is 0. The minimum absolute atomic E-state index is 0.252. The highest BCUT2D eigenvalue weighted by Crippen LogP contribution is 2.16. The summed E-state index contributed by atoms with van der Waals surface area (Å²) in [5.74, 6) is 1.16. The van der Waals surface area contributed by atoms with Crippen LogP contribution in [0.3, 0.4) is 0 Å². The number of rotatable bonds is 8. The van der Waals surface area contributed by atoms with E-state index in [1.54, 1.807) is 0 Å². The van der Waals surface area contributed by atoms with Crippen LogP contribution in [0.5, 0.6) is 0 Å². The number of aliphatic hydroxyl groups is 1. The molecular weight excluding hydrogens is 250 g/mol. The second kappa shape index (κ2) is 8.08. The molecule has 4 heteroatoms. The maximum absolute atomic E-state index is 9.11. The largest absolute Gasteiger partial charge is 0.396 e. The summed E-state index contributed by atoms with van der Waals surface area (Å²) in [6.45, 7) is 8.41. The zero-order valence-electron chi connectivity index (χ0n) is 13.1. The summed E-state index contributed by atoms with van der Waals surface area (Å²) < 4.78 is 1.93. The van der Waals surface area contributed by atoms with E-state index in [0.29, 0.717) is 17.5 Å². The third-order valence-electron chi connectivity index (χ3n) is 3.85. The number of aromatic nitrogens is 1. The molecule has 0 radical (unpaired) electrons. The molecule has 4 nitrogen and oxygen atoms in total. The molecule has 1 rings (SSSR count). The van der Waals surface area contributed by atoms with Crippen LogP contribution in [-0.2, 0) is 13.6 Å². The van der Waals surface area contributed by atoms with Gasteiger partial charge in [-0.3, -0.25) is 0 Å². The van der Waals surface area contributed by atoms with Gasteiger partial charge in [0.25, 0.3) is 0 Å². The van der Waals surface area contributed by atoms with E-state index in [-0.39, 0.29) is 6.61 Å². The molecule has 0 aliphatic heterocycles. The highest BCUT2D eigenvalue weighted by atomic mass is 16.3. The fourth-order valence-corrected chi connectivity index (χ4v) is 2.61. The first-order chi connectivity index (χ1) is 9.49. The molecule has 0 spiro atoms. The van der Waals surface area contributed by atoms with Gasteiger partial charge in [0.05, 0.1) is 0 Å². The van der Waals surface area contributed by atoms with Crippen molar-refractivity contribution in [1.82, 2.24) is 9.88 Å². The monoisotopic (exact) mass is 277 g/mol. The topological polar surface area (TPSA) is 61.0 Å². The lowest BCUT2D eigenvalue weighted by molar-refractivity contribution is 0.239. The van der Waals surface area contributed by atoms with Gasteiger partial charge in [0.1, 0.15) is 11.8 Å². The average molecular weight is 277 g/mol. The summed E-state index contributed by atoms with van der Waals surface area (Å²) in [6, 6.07) is 4.15. The predicted octanol–water partition coefficient (Wildman–Crippen LogP) is 2.34. The van der Waals surface area contributed by atoms with Crippen molar-refractivity contribution in [2.45, 2.75) is 40.2 Å². The predicted molar refractivity (Wildman–Crippen MR) is 81.2 cm³/mol. The molecule has 112 valence electrons. The van der Waals surface area contributed by atoms with Crippen LogP contribution in [0.1, 0.15) is 43.6 Å². The van der Waals surface area contributed by atoms with Gasteiger partial charge in [-0.25, -0.2) is 0 Å². The van der Waals surface area contributed by atoms with Crippen molar-refractivity contribution in [2.24, 2.45) is 18.9 Å². The van der Waals surface area contributed by atoms with Crippen LogP contribution < -0.4 is 5.32 Å². The summed E-state index contributed by atoms with van der Waals surface area (Å²) in [5, 5.41) is 21.6. The Morgan fingerprint density at radius 3 is 2.65 bits per heavy atom. The molecule has 1 aromatic heterocycles. The van der Waals surface area contributed by atoms with Crippen LogP contribution in [0.15, 0.2) is 6.07 Å². The number of aliphatic hydroxyl groups excluding tert-OH is 1. The van der Waals surface area contributed by atoms with Crippen molar-refractivity contribution >= 4 is 0 Å². The Kier molecular flexibility index (Phi) is 6.77. The Hall–Kier alpha value is -1.31. The number of hydrogen-bond acceptors (Lipinski definition) is 3. The molecule has 1 atom stereocenters. The SMILES string of the molecule is Cc1c(CNCC(CCO)CC(C)C)cc(C#N)n1C. The number of nitrogens with one attached hydrogen (secondary N) is 1. The van der Waals surface area contributed by atoms with Crippen molar-refractivity contribution in [3.8, 4) is 6.07 Å². The molecule has 0 saturated carbocycles. The van der Waals surface area contributed by atoms with E-state index in [1.165, 1.54) is 5.56 Å². The zero-order valence-corrected chi connectivity index (χ0v) is 13.1. The first-order valence-electron chi connectivity index (χ1n) is 7.36. The molecule has 2 N–H and O–H groups in total. The molecule has 0 saturated heterocycles.